The molecule has 7 heteroatoms. The Kier molecular flexibility index (Phi) is 3.14. The van der Waals surface area contributed by atoms with E-state index in [4.69, 9.17) is 4.52 Å². The molecule has 0 aliphatic carbocycles. The fourth-order valence-corrected chi connectivity index (χ4v) is 2.63. The van der Waals surface area contributed by atoms with Gasteiger partial charge in [0, 0.05) is 19.3 Å². The zero-order valence-corrected chi connectivity index (χ0v) is 12.0. The molecule has 1 aliphatic rings. The van der Waals surface area contributed by atoms with E-state index < -0.39 is 0 Å². The predicted octanol–water partition coefficient (Wildman–Crippen LogP) is 2.03. The van der Waals surface area contributed by atoms with Gasteiger partial charge in [-0.2, -0.15) is 5.10 Å². The van der Waals surface area contributed by atoms with Gasteiger partial charge in [0.05, 0.1) is 22.9 Å². The third kappa shape index (κ3) is 2.30. The van der Waals surface area contributed by atoms with E-state index in [1.165, 1.54) is 6.20 Å². The number of hydrogen-bond donors (Lipinski definition) is 0. The lowest BCUT2D eigenvalue weighted by molar-refractivity contribution is 0.0785. The molecule has 0 N–H and O–H groups in total. The van der Waals surface area contributed by atoms with Crippen molar-refractivity contribution in [3.05, 3.63) is 34.4 Å². The number of amides is 1. The number of rotatable bonds is 2. The van der Waals surface area contributed by atoms with Crippen molar-refractivity contribution in [1.82, 2.24) is 19.8 Å². The molecule has 0 radical (unpaired) electrons. The van der Waals surface area contributed by atoms with Crippen LogP contribution in [0.5, 0.6) is 0 Å². The van der Waals surface area contributed by atoms with E-state index in [1.54, 1.807) is 13.1 Å². The molecule has 1 fully saturated rings. The molecule has 1 saturated heterocycles. The fourth-order valence-electron chi connectivity index (χ4n) is 2.33. The zero-order chi connectivity index (χ0) is 13.4. The largest absolute Gasteiger partial charge is 0.361 e. The molecule has 3 rings (SSSR count). The van der Waals surface area contributed by atoms with Gasteiger partial charge >= 0.3 is 0 Å². The minimum Gasteiger partial charge on any atom is -0.361 e. The molecule has 0 aromatic carbocycles. The Hall–Kier alpha value is -1.63. The number of aromatic nitrogens is 3. The van der Waals surface area contributed by atoms with Crippen molar-refractivity contribution in [1.29, 1.82) is 0 Å². The molecule has 6 nitrogen and oxygen atoms in total. The summed E-state index contributed by atoms with van der Waals surface area (Å²) in [5, 5.41) is 7.92. The first-order chi connectivity index (χ1) is 9.15. The maximum absolute atomic E-state index is 12.3. The minimum atomic E-state index is -0.0209. The lowest BCUT2D eigenvalue weighted by atomic mass is 10.2. The molecule has 2 aromatic heterocycles. The van der Waals surface area contributed by atoms with E-state index in [0.29, 0.717) is 17.9 Å². The number of nitrogens with zero attached hydrogens (tertiary/aromatic N) is 4. The van der Waals surface area contributed by atoms with Crippen molar-refractivity contribution in [2.75, 3.05) is 13.1 Å². The minimum absolute atomic E-state index is 0.0209. The van der Waals surface area contributed by atoms with Crippen LogP contribution >= 0.6 is 15.9 Å². The molecule has 1 amide bonds. The molecule has 3 heterocycles. The van der Waals surface area contributed by atoms with Gasteiger partial charge < -0.3 is 9.42 Å². The maximum Gasteiger partial charge on any atom is 0.259 e. The van der Waals surface area contributed by atoms with Gasteiger partial charge in [-0.05, 0) is 29.3 Å². The van der Waals surface area contributed by atoms with Crippen LogP contribution in [0.3, 0.4) is 0 Å². The van der Waals surface area contributed by atoms with Crippen LogP contribution < -0.4 is 0 Å². The number of carbonyl (C=O) groups is 1. The molecule has 100 valence electrons. The summed E-state index contributed by atoms with van der Waals surface area (Å²) in [6.07, 6.45) is 6.08. The second-order valence-electron chi connectivity index (χ2n) is 4.63. The van der Waals surface area contributed by atoms with E-state index >= 15 is 0 Å². The van der Waals surface area contributed by atoms with Crippen molar-refractivity contribution < 1.29 is 9.32 Å². The SMILES string of the molecule is Cc1oncc1C(=O)N1CCC(n2cc(Br)cn2)C1. The van der Waals surface area contributed by atoms with Crippen LogP contribution in [-0.2, 0) is 0 Å². The summed E-state index contributed by atoms with van der Waals surface area (Å²) in [7, 11) is 0. The van der Waals surface area contributed by atoms with Crippen LogP contribution in [0, 0.1) is 6.92 Å². The Balaban J connectivity index is 1.72. The summed E-state index contributed by atoms with van der Waals surface area (Å²) >= 11 is 3.38. The standard InChI is InChI=1S/C12H13BrN4O2/c1-8-11(5-15-19-8)12(18)16-3-2-10(7-16)17-6-9(13)4-14-17/h4-6,10H,2-3,7H2,1H3. The highest BCUT2D eigenvalue weighted by molar-refractivity contribution is 9.10. The summed E-state index contributed by atoms with van der Waals surface area (Å²) in [5.41, 5.74) is 0.544. The molecule has 1 aliphatic heterocycles. The highest BCUT2D eigenvalue weighted by Crippen LogP contribution is 2.24. The first-order valence-electron chi connectivity index (χ1n) is 6.05. The van der Waals surface area contributed by atoms with Crippen LogP contribution in [0.2, 0.25) is 0 Å². The molecule has 0 bridgehead atoms. The highest BCUT2D eigenvalue weighted by Gasteiger charge is 2.30. The molecule has 0 saturated carbocycles. The van der Waals surface area contributed by atoms with E-state index in [-0.39, 0.29) is 11.9 Å². The molecule has 0 spiro atoms. The molecule has 1 unspecified atom stereocenters. The summed E-state index contributed by atoms with van der Waals surface area (Å²) < 4.78 is 7.79. The van der Waals surface area contributed by atoms with Crippen molar-refractivity contribution in [2.45, 2.75) is 19.4 Å². The van der Waals surface area contributed by atoms with Gasteiger partial charge in [0.15, 0.2) is 0 Å². The normalized spacial score (nSPS) is 19.1. The maximum atomic E-state index is 12.3. The van der Waals surface area contributed by atoms with Gasteiger partial charge in [-0.3, -0.25) is 9.48 Å². The molecular formula is C12H13BrN4O2. The van der Waals surface area contributed by atoms with Crippen LogP contribution in [0.15, 0.2) is 27.6 Å². The smallest absolute Gasteiger partial charge is 0.259 e. The van der Waals surface area contributed by atoms with Crippen molar-refractivity contribution in [3.8, 4) is 0 Å². The first kappa shape index (κ1) is 12.4. The summed E-state index contributed by atoms with van der Waals surface area (Å²) in [5.74, 6) is 0.544. The van der Waals surface area contributed by atoms with Gasteiger partial charge in [0.1, 0.15) is 11.3 Å². The Labute approximate surface area is 118 Å². The predicted molar refractivity (Wildman–Crippen MR) is 70.7 cm³/mol. The Morgan fingerprint density at radius 3 is 3.00 bits per heavy atom. The lowest BCUT2D eigenvalue weighted by Gasteiger charge is -2.15. The molecule has 1 atom stereocenters. The number of aryl methyl sites for hydroxylation is 1. The second-order valence-corrected chi connectivity index (χ2v) is 5.54. The quantitative estimate of drug-likeness (QED) is 0.847. The van der Waals surface area contributed by atoms with Crippen molar-refractivity contribution in [3.63, 3.8) is 0 Å². The summed E-state index contributed by atoms with van der Waals surface area (Å²) in [4.78, 5) is 14.1. The monoisotopic (exact) mass is 324 g/mol. The molecule has 2 aromatic rings. The molecule has 19 heavy (non-hydrogen) atoms. The van der Waals surface area contributed by atoms with E-state index in [1.807, 2.05) is 15.8 Å². The van der Waals surface area contributed by atoms with Crippen LogP contribution in [0.4, 0.5) is 0 Å². The third-order valence-corrected chi connectivity index (χ3v) is 3.79. The van der Waals surface area contributed by atoms with Gasteiger partial charge in [0.25, 0.3) is 5.91 Å². The van der Waals surface area contributed by atoms with E-state index in [9.17, 15) is 4.79 Å². The first-order valence-corrected chi connectivity index (χ1v) is 6.84. The van der Waals surface area contributed by atoms with E-state index in [0.717, 1.165) is 17.4 Å². The zero-order valence-electron chi connectivity index (χ0n) is 10.4. The van der Waals surface area contributed by atoms with Gasteiger partial charge in [-0.1, -0.05) is 5.16 Å². The van der Waals surface area contributed by atoms with Crippen LogP contribution in [0.1, 0.15) is 28.6 Å². The van der Waals surface area contributed by atoms with E-state index in [2.05, 4.69) is 26.2 Å². The Morgan fingerprint density at radius 2 is 2.37 bits per heavy atom. The van der Waals surface area contributed by atoms with Gasteiger partial charge in [-0.15, -0.1) is 0 Å². The lowest BCUT2D eigenvalue weighted by Crippen LogP contribution is -2.29. The Morgan fingerprint density at radius 1 is 1.53 bits per heavy atom. The number of halogens is 1. The average molecular weight is 325 g/mol. The highest BCUT2D eigenvalue weighted by atomic mass is 79.9. The second kappa shape index (κ2) is 4.80. The van der Waals surface area contributed by atoms with Gasteiger partial charge in [0.2, 0.25) is 0 Å². The summed E-state index contributed by atoms with van der Waals surface area (Å²) in [6.45, 7) is 3.14. The van der Waals surface area contributed by atoms with Crippen LogP contribution in [0.25, 0.3) is 0 Å². The average Bonchev–Trinajstić information content (AvgIpc) is 3.07. The van der Waals surface area contributed by atoms with Crippen molar-refractivity contribution in [2.24, 2.45) is 0 Å². The Bertz CT molecular complexity index is 606. The number of likely N-dealkylation sites (tertiary alicyclic amines) is 1. The number of hydrogen-bond acceptors (Lipinski definition) is 4. The topological polar surface area (TPSA) is 64.2 Å². The third-order valence-electron chi connectivity index (χ3n) is 3.38. The summed E-state index contributed by atoms with van der Waals surface area (Å²) in [6, 6.07) is 0.232. The van der Waals surface area contributed by atoms with Gasteiger partial charge in [-0.25, -0.2) is 0 Å². The van der Waals surface area contributed by atoms with Crippen LogP contribution in [-0.4, -0.2) is 38.8 Å². The molecular weight excluding hydrogens is 312 g/mol. The number of carbonyl (C=O) groups excluding carboxylic acids is 1. The van der Waals surface area contributed by atoms with Crippen molar-refractivity contribution >= 4 is 21.8 Å². The fraction of sp³-hybridized carbons (Fsp3) is 0.417.